The van der Waals surface area contributed by atoms with E-state index in [0.29, 0.717) is 5.69 Å². The van der Waals surface area contributed by atoms with E-state index in [9.17, 15) is 9.90 Å². The van der Waals surface area contributed by atoms with Gasteiger partial charge >= 0.3 is 29.6 Å². The van der Waals surface area contributed by atoms with E-state index in [1.807, 2.05) is 0 Å². The number of aromatic nitrogens is 2. The molecule has 1 aromatic heterocycles. The smallest absolute Gasteiger partial charge is 0.857 e. The van der Waals surface area contributed by atoms with E-state index in [1.54, 1.807) is 12.1 Å². The molecule has 82 valence electrons. The van der Waals surface area contributed by atoms with E-state index in [2.05, 4.69) is 28.1 Å². The van der Waals surface area contributed by atoms with Crippen LogP contribution in [0.4, 0.5) is 5.69 Å². The maximum Gasteiger partial charge on any atom is 1.00 e. The second-order valence-corrected chi connectivity index (χ2v) is 4.17. The van der Waals surface area contributed by atoms with Gasteiger partial charge in [-0.05, 0) is 6.07 Å². The number of rotatable bonds is 1. The molecule has 0 atom stereocenters. The minimum absolute atomic E-state index is 0. The number of benzene rings is 1. The molecule has 0 unspecified atom stereocenters. The minimum Gasteiger partial charge on any atom is -0.857 e. The van der Waals surface area contributed by atoms with Crippen LogP contribution in [-0.4, -0.2) is 14.5 Å². The maximum atomic E-state index is 11.6. The molecule has 1 aromatic carbocycles. The summed E-state index contributed by atoms with van der Waals surface area (Å²) in [5, 5.41) is 20.1. The Hall–Kier alpha value is -0.600. The SMILES string of the molecule is O=c1[nH]nc([O-])c2cccc(NC(=S)S)c12.[Na+]. The third-order valence-electron chi connectivity index (χ3n) is 2.02. The average molecular weight is 275 g/mol. The Kier molecular flexibility index (Phi) is 4.96. The van der Waals surface area contributed by atoms with Gasteiger partial charge in [0.25, 0.3) is 5.56 Å². The molecular weight excluding hydrogens is 269 g/mol. The van der Waals surface area contributed by atoms with Crippen molar-refractivity contribution in [2.75, 3.05) is 5.32 Å². The Bertz CT molecular complexity index is 629. The average Bonchev–Trinajstić information content (AvgIpc) is 2.23. The van der Waals surface area contributed by atoms with E-state index in [-0.39, 0.29) is 44.7 Å². The van der Waals surface area contributed by atoms with Crippen molar-refractivity contribution in [3.8, 4) is 5.88 Å². The topological polar surface area (TPSA) is 80.8 Å². The Morgan fingerprint density at radius 2 is 2.24 bits per heavy atom. The second kappa shape index (κ2) is 5.83. The predicted octanol–water partition coefficient (Wildman–Crippen LogP) is -2.37. The summed E-state index contributed by atoms with van der Waals surface area (Å²) in [4.78, 5) is 11.6. The fourth-order valence-electron chi connectivity index (χ4n) is 1.41. The van der Waals surface area contributed by atoms with Crippen LogP contribution >= 0.6 is 24.8 Å². The van der Waals surface area contributed by atoms with Crippen molar-refractivity contribution in [3.63, 3.8) is 0 Å². The maximum absolute atomic E-state index is 11.6. The van der Waals surface area contributed by atoms with Gasteiger partial charge in [-0.25, -0.2) is 5.10 Å². The third-order valence-corrected chi connectivity index (χ3v) is 2.24. The van der Waals surface area contributed by atoms with Crippen LogP contribution in [0, 0.1) is 0 Å². The van der Waals surface area contributed by atoms with E-state index in [0.717, 1.165) is 0 Å². The summed E-state index contributed by atoms with van der Waals surface area (Å²) >= 11 is 8.67. The molecule has 2 aromatic rings. The Balaban J connectivity index is 0.00000144. The standard InChI is InChI=1S/C9H7N3O2S2.Na/c13-7-4-2-1-3-5(10-9(15)16)6(4)8(14)12-11-7;/h1-3H,(H,11,13)(H,12,14)(H2,10,15,16);/q;+1/p-1. The third kappa shape index (κ3) is 2.99. The van der Waals surface area contributed by atoms with Crippen LogP contribution < -0.4 is 45.5 Å². The van der Waals surface area contributed by atoms with Crippen molar-refractivity contribution < 1.29 is 34.7 Å². The first kappa shape index (κ1) is 14.5. The van der Waals surface area contributed by atoms with Gasteiger partial charge in [0.05, 0.1) is 11.1 Å². The van der Waals surface area contributed by atoms with Crippen LogP contribution in [0.2, 0.25) is 0 Å². The van der Waals surface area contributed by atoms with E-state index in [1.165, 1.54) is 6.07 Å². The fourth-order valence-corrected chi connectivity index (χ4v) is 1.64. The summed E-state index contributed by atoms with van der Waals surface area (Å²) in [6.07, 6.45) is 0. The van der Waals surface area contributed by atoms with Crippen molar-refractivity contribution in [1.29, 1.82) is 0 Å². The molecule has 0 aliphatic carbocycles. The molecule has 2 rings (SSSR count). The predicted molar refractivity (Wildman–Crippen MR) is 67.0 cm³/mol. The number of thiol groups is 1. The molecule has 0 aliphatic heterocycles. The van der Waals surface area contributed by atoms with Crippen LogP contribution in [0.3, 0.4) is 0 Å². The van der Waals surface area contributed by atoms with E-state index >= 15 is 0 Å². The monoisotopic (exact) mass is 275 g/mol. The Morgan fingerprint density at radius 3 is 2.88 bits per heavy atom. The molecule has 0 aliphatic rings. The van der Waals surface area contributed by atoms with Gasteiger partial charge in [-0.1, -0.05) is 24.4 Å². The fraction of sp³-hybridized carbons (Fsp3) is 0. The first-order valence-electron chi connectivity index (χ1n) is 4.28. The molecule has 0 amide bonds. The number of fused-ring (bicyclic) bond motifs is 1. The summed E-state index contributed by atoms with van der Waals surface area (Å²) in [6, 6.07) is 4.81. The van der Waals surface area contributed by atoms with Crippen molar-refractivity contribution in [2.24, 2.45) is 0 Å². The largest absolute Gasteiger partial charge is 1.00 e. The zero-order chi connectivity index (χ0) is 11.7. The molecule has 0 saturated heterocycles. The summed E-state index contributed by atoms with van der Waals surface area (Å²) in [5.74, 6) is -0.483. The van der Waals surface area contributed by atoms with Gasteiger partial charge in [-0.3, -0.25) is 4.79 Å². The number of nitrogens with zero attached hydrogens (tertiary/aromatic N) is 1. The summed E-state index contributed by atoms with van der Waals surface area (Å²) in [6.45, 7) is 0. The summed E-state index contributed by atoms with van der Waals surface area (Å²) in [7, 11) is 0. The second-order valence-electron chi connectivity index (χ2n) is 3.02. The molecule has 5 nitrogen and oxygen atoms in total. The molecule has 0 fully saturated rings. The van der Waals surface area contributed by atoms with Crippen LogP contribution in [0.1, 0.15) is 0 Å². The number of thiocarbonyl (C=S) groups is 1. The molecule has 0 bridgehead atoms. The van der Waals surface area contributed by atoms with E-state index in [4.69, 9.17) is 12.2 Å². The Labute approximate surface area is 129 Å². The van der Waals surface area contributed by atoms with Gasteiger partial charge in [0.15, 0.2) is 0 Å². The molecule has 8 heteroatoms. The number of hydrogen-bond acceptors (Lipinski definition) is 4. The van der Waals surface area contributed by atoms with Gasteiger partial charge in [0, 0.05) is 11.3 Å². The first-order chi connectivity index (χ1) is 7.59. The van der Waals surface area contributed by atoms with Crippen molar-refractivity contribution in [3.05, 3.63) is 28.6 Å². The van der Waals surface area contributed by atoms with Gasteiger partial charge < -0.3 is 10.4 Å². The van der Waals surface area contributed by atoms with E-state index < -0.39 is 11.4 Å². The molecule has 1 heterocycles. The zero-order valence-corrected chi connectivity index (χ0v) is 12.6. The normalized spacial score (nSPS) is 9.71. The van der Waals surface area contributed by atoms with Crippen LogP contribution in [0.15, 0.2) is 23.0 Å². The van der Waals surface area contributed by atoms with Crippen LogP contribution in [0.5, 0.6) is 5.88 Å². The zero-order valence-electron chi connectivity index (χ0n) is 8.85. The molecule has 0 spiro atoms. The van der Waals surface area contributed by atoms with Gasteiger partial charge in [-0.15, -0.1) is 12.6 Å². The summed E-state index contributed by atoms with van der Waals surface area (Å²) < 4.78 is 0.219. The number of hydrogen-bond donors (Lipinski definition) is 3. The molecule has 2 N–H and O–H groups in total. The number of nitrogens with one attached hydrogen (secondary N) is 2. The van der Waals surface area contributed by atoms with Crippen molar-refractivity contribution in [2.45, 2.75) is 0 Å². The van der Waals surface area contributed by atoms with Gasteiger partial charge in [0.2, 0.25) is 0 Å². The van der Waals surface area contributed by atoms with Crippen LogP contribution in [0.25, 0.3) is 10.8 Å². The van der Waals surface area contributed by atoms with Crippen LogP contribution in [-0.2, 0) is 0 Å². The minimum atomic E-state index is -0.483. The Morgan fingerprint density at radius 1 is 1.53 bits per heavy atom. The summed E-state index contributed by atoms with van der Waals surface area (Å²) in [5.41, 5.74) is 0.000494. The van der Waals surface area contributed by atoms with Crippen molar-refractivity contribution >= 4 is 45.6 Å². The number of anilines is 1. The van der Waals surface area contributed by atoms with Gasteiger partial charge in [0.1, 0.15) is 4.32 Å². The van der Waals surface area contributed by atoms with Gasteiger partial charge in [-0.2, -0.15) is 5.10 Å². The number of H-pyrrole nitrogens is 1. The first-order valence-corrected chi connectivity index (χ1v) is 5.13. The molecular formula is C9H6N3NaO2S2. The quantitative estimate of drug-likeness (QED) is 0.308. The van der Waals surface area contributed by atoms with Crippen molar-refractivity contribution in [1.82, 2.24) is 10.2 Å². The number of aromatic amines is 1. The molecule has 0 radical (unpaired) electrons. The molecule has 0 saturated carbocycles. The molecule has 17 heavy (non-hydrogen) atoms.